The van der Waals surface area contributed by atoms with Gasteiger partial charge in [0, 0.05) is 0 Å². The predicted molar refractivity (Wildman–Crippen MR) is 99.1 cm³/mol. The van der Waals surface area contributed by atoms with E-state index in [0.717, 1.165) is 9.13 Å². The Morgan fingerprint density at radius 2 is 1.79 bits per heavy atom. The van der Waals surface area contributed by atoms with E-state index < -0.39 is 5.97 Å². The Bertz CT molecular complexity index is 835. The van der Waals surface area contributed by atoms with Crippen LogP contribution in [-0.2, 0) is 0 Å². The van der Waals surface area contributed by atoms with Gasteiger partial charge in [0.15, 0.2) is 11.5 Å². The molecule has 0 saturated heterocycles. The number of nitrogens with zero attached hydrogens (tertiary/aromatic N) is 1. The summed E-state index contributed by atoms with van der Waals surface area (Å²) in [7, 11) is 3.12. The molecule has 0 amide bonds. The van der Waals surface area contributed by atoms with Gasteiger partial charge >= 0.3 is 5.97 Å². The second kappa shape index (κ2) is 7.84. The first kappa shape index (κ1) is 17.8. The number of allylic oxidation sites excluding steroid dienone is 1. The quantitative estimate of drug-likeness (QED) is 0.435. The zero-order valence-electron chi connectivity index (χ0n) is 13.0. The number of aromatic carboxylic acids is 1. The van der Waals surface area contributed by atoms with Crippen LogP contribution in [0.4, 0.5) is 0 Å². The molecule has 0 fully saturated rings. The summed E-state index contributed by atoms with van der Waals surface area (Å²) in [5.41, 5.74) is 2.04. The van der Waals surface area contributed by atoms with E-state index in [2.05, 4.69) is 28.7 Å². The second-order valence-corrected chi connectivity index (χ2v) is 5.95. The maximum absolute atomic E-state index is 10.9. The number of ether oxygens (including phenoxy) is 2. The Kier molecular flexibility index (Phi) is 5.82. The van der Waals surface area contributed by atoms with E-state index >= 15 is 0 Å². The highest BCUT2D eigenvalue weighted by Crippen LogP contribution is 2.34. The van der Waals surface area contributed by atoms with Crippen LogP contribution in [-0.4, -0.2) is 25.3 Å². The first-order valence-electron chi connectivity index (χ1n) is 6.87. The molecule has 6 heteroatoms. The lowest BCUT2D eigenvalue weighted by Crippen LogP contribution is -1.96. The molecule has 0 spiro atoms. The third-order valence-electron chi connectivity index (χ3n) is 3.33. The van der Waals surface area contributed by atoms with Crippen molar-refractivity contribution in [2.75, 3.05) is 14.2 Å². The van der Waals surface area contributed by atoms with Crippen LogP contribution >= 0.6 is 22.6 Å². The Morgan fingerprint density at radius 3 is 2.29 bits per heavy atom. The lowest BCUT2D eigenvalue weighted by atomic mass is 10.0. The number of carboxylic acids is 1. The minimum atomic E-state index is -1.00. The Labute approximate surface area is 153 Å². The fourth-order valence-electron chi connectivity index (χ4n) is 2.16. The van der Waals surface area contributed by atoms with Crippen molar-refractivity contribution < 1.29 is 19.4 Å². The second-order valence-electron chi connectivity index (χ2n) is 4.79. The number of carbonyl (C=O) groups is 1. The van der Waals surface area contributed by atoms with Gasteiger partial charge in [-0.3, -0.25) is 0 Å². The summed E-state index contributed by atoms with van der Waals surface area (Å²) in [5, 5.41) is 18.4. The number of hydrogen-bond acceptors (Lipinski definition) is 4. The van der Waals surface area contributed by atoms with Crippen molar-refractivity contribution in [2.45, 2.75) is 0 Å². The van der Waals surface area contributed by atoms with Gasteiger partial charge < -0.3 is 14.6 Å². The molecule has 0 saturated carbocycles. The van der Waals surface area contributed by atoms with Crippen LogP contribution in [0.25, 0.3) is 11.6 Å². The molecule has 0 aliphatic carbocycles. The van der Waals surface area contributed by atoms with E-state index in [4.69, 9.17) is 14.6 Å². The van der Waals surface area contributed by atoms with Crippen molar-refractivity contribution in [3.05, 3.63) is 56.7 Å². The number of hydrogen-bond donors (Lipinski definition) is 1. The van der Waals surface area contributed by atoms with Crippen molar-refractivity contribution in [3.8, 4) is 17.6 Å². The van der Waals surface area contributed by atoms with Crippen LogP contribution in [0.15, 0.2) is 36.4 Å². The van der Waals surface area contributed by atoms with Gasteiger partial charge in [0.25, 0.3) is 0 Å². The Morgan fingerprint density at radius 1 is 1.17 bits per heavy atom. The summed E-state index contributed by atoms with van der Waals surface area (Å²) < 4.78 is 11.5. The van der Waals surface area contributed by atoms with Gasteiger partial charge in [-0.2, -0.15) is 5.26 Å². The molecule has 122 valence electrons. The molecule has 0 atom stereocenters. The van der Waals surface area contributed by atoms with E-state index in [9.17, 15) is 10.1 Å². The molecule has 2 aromatic carbocycles. The van der Waals surface area contributed by atoms with Crippen molar-refractivity contribution in [2.24, 2.45) is 0 Å². The van der Waals surface area contributed by atoms with Crippen molar-refractivity contribution in [1.29, 1.82) is 5.26 Å². The molecule has 24 heavy (non-hydrogen) atoms. The standard InChI is InChI=1S/C18H14INO4/c1-23-16-9-11(8-15(19)17(16)24-2)7-14(10-20)12-3-5-13(6-4-12)18(21)22/h3-9H,1-2H3,(H,21,22)/b14-7-. The van der Waals surface area contributed by atoms with Gasteiger partial charge in [0.1, 0.15) is 0 Å². The molecule has 0 bridgehead atoms. The van der Waals surface area contributed by atoms with E-state index in [1.807, 2.05) is 6.07 Å². The van der Waals surface area contributed by atoms with Crippen molar-refractivity contribution in [3.63, 3.8) is 0 Å². The number of benzene rings is 2. The van der Waals surface area contributed by atoms with Crippen molar-refractivity contribution in [1.82, 2.24) is 0 Å². The van der Waals surface area contributed by atoms with Gasteiger partial charge in [-0.25, -0.2) is 4.79 Å². The molecular weight excluding hydrogens is 421 g/mol. The summed E-state index contributed by atoms with van der Waals surface area (Å²) in [6.45, 7) is 0. The molecule has 0 heterocycles. The molecule has 0 aromatic heterocycles. The van der Waals surface area contributed by atoms with E-state index in [0.29, 0.717) is 22.6 Å². The molecule has 0 aliphatic heterocycles. The summed E-state index contributed by atoms with van der Waals surface area (Å²) in [5.74, 6) is 0.215. The Hall–Kier alpha value is -2.53. The first-order valence-corrected chi connectivity index (χ1v) is 7.95. The monoisotopic (exact) mass is 435 g/mol. The minimum absolute atomic E-state index is 0.178. The van der Waals surface area contributed by atoms with Crippen LogP contribution in [0.5, 0.6) is 11.5 Å². The minimum Gasteiger partial charge on any atom is -0.493 e. The van der Waals surface area contributed by atoms with Crippen LogP contribution in [0.1, 0.15) is 21.5 Å². The summed E-state index contributed by atoms with van der Waals surface area (Å²) in [6.07, 6.45) is 1.72. The molecule has 2 rings (SSSR count). The summed E-state index contributed by atoms with van der Waals surface area (Å²) >= 11 is 2.14. The molecule has 2 aromatic rings. The Balaban J connectivity index is 2.46. The van der Waals surface area contributed by atoms with Crippen LogP contribution in [0.3, 0.4) is 0 Å². The summed E-state index contributed by atoms with van der Waals surface area (Å²) in [6, 6.07) is 12.0. The smallest absolute Gasteiger partial charge is 0.335 e. The number of nitriles is 1. The van der Waals surface area contributed by atoms with Gasteiger partial charge in [-0.1, -0.05) is 12.1 Å². The summed E-state index contributed by atoms with van der Waals surface area (Å²) in [4.78, 5) is 10.9. The number of carboxylic acid groups (broad SMARTS) is 1. The van der Waals surface area contributed by atoms with Crippen molar-refractivity contribution >= 4 is 40.2 Å². The number of rotatable bonds is 5. The maximum atomic E-state index is 10.9. The van der Waals surface area contributed by atoms with E-state index in [-0.39, 0.29) is 5.56 Å². The zero-order chi connectivity index (χ0) is 17.7. The fraction of sp³-hybridized carbons (Fsp3) is 0.111. The normalized spacial score (nSPS) is 10.8. The zero-order valence-corrected chi connectivity index (χ0v) is 15.2. The largest absolute Gasteiger partial charge is 0.493 e. The number of halogens is 1. The molecule has 0 unspecified atom stereocenters. The van der Waals surface area contributed by atoms with E-state index in [1.165, 1.54) is 12.1 Å². The highest BCUT2D eigenvalue weighted by atomic mass is 127. The lowest BCUT2D eigenvalue weighted by molar-refractivity contribution is 0.0697. The van der Waals surface area contributed by atoms with Gasteiger partial charge in [-0.05, 0) is 64.1 Å². The third kappa shape index (κ3) is 3.86. The average molecular weight is 435 g/mol. The fourth-order valence-corrected chi connectivity index (χ4v) is 3.01. The van der Waals surface area contributed by atoms with Crippen LogP contribution < -0.4 is 9.47 Å². The molecule has 1 N–H and O–H groups in total. The maximum Gasteiger partial charge on any atom is 0.335 e. The third-order valence-corrected chi connectivity index (χ3v) is 4.13. The highest BCUT2D eigenvalue weighted by molar-refractivity contribution is 14.1. The topological polar surface area (TPSA) is 79.5 Å². The van der Waals surface area contributed by atoms with Gasteiger partial charge in [-0.15, -0.1) is 0 Å². The van der Waals surface area contributed by atoms with E-state index in [1.54, 1.807) is 38.5 Å². The predicted octanol–water partition coefficient (Wildman–Crippen LogP) is 4.07. The average Bonchev–Trinajstić information content (AvgIpc) is 2.59. The SMILES string of the molecule is COc1cc(/C=C(/C#N)c2ccc(C(=O)O)cc2)cc(I)c1OC. The molecular formula is C18H14INO4. The lowest BCUT2D eigenvalue weighted by Gasteiger charge is -2.11. The number of methoxy groups -OCH3 is 2. The molecule has 5 nitrogen and oxygen atoms in total. The van der Waals surface area contributed by atoms with Crippen LogP contribution in [0.2, 0.25) is 0 Å². The first-order chi connectivity index (χ1) is 11.5. The van der Waals surface area contributed by atoms with Gasteiger partial charge in [0.2, 0.25) is 0 Å². The van der Waals surface area contributed by atoms with Crippen LogP contribution in [0, 0.1) is 14.9 Å². The highest BCUT2D eigenvalue weighted by Gasteiger charge is 2.11. The molecule has 0 radical (unpaired) electrons. The van der Waals surface area contributed by atoms with Gasteiger partial charge in [0.05, 0.1) is 35.0 Å². The molecule has 0 aliphatic rings.